The van der Waals surface area contributed by atoms with Gasteiger partial charge in [-0.05, 0) is 37.1 Å². The Labute approximate surface area is 100 Å². The maximum absolute atomic E-state index is 13.2. The Morgan fingerprint density at radius 3 is 2.65 bits per heavy atom. The highest BCUT2D eigenvalue weighted by atomic mass is 32.2. The molecule has 0 bridgehead atoms. The second kappa shape index (κ2) is 4.36. The minimum atomic E-state index is -3.60. The first-order valence-electron chi connectivity index (χ1n) is 5.42. The standard InChI is InChI=1S/C11H15FN2O2S/c1-8-4-9(12)6-11(5-8)17(15,16)14-3-2-10(13)7-14/h4-6,10H,2-3,7,13H2,1H3/t10-/m1/s1. The van der Waals surface area contributed by atoms with Gasteiger partial charge in [-0.2, -0.15) is 4.31 Å². The molecule has 4 nitrogen and oxygen atoms in total. The molecule has 2 N–H and O–H groups in total. The maximum Gasteiger partial charge on any atom is 0.243 e. The van der Waals surface area contributed by atoms with E-state index in [2.05, 4.69) is 0 Å². The van der Waals surface area contributed by atoms with Gasteiger partial charge in [-0.1, -0.05) is 0 Å². The Morgan fingerprint density at radius 1 is 1.41 bits per heavy atom. The predicted molar refractivity (Wildman–Crippen MR) is 62.5 cm³/mol. The van der Waals surface area contributed by atoms with Crippen LogP contribution in [0.15, 0.2) is 23.1 Å². The highest BCUT2D eigenvalue weighted by Gasteiger charge is 2.31. The van der Waals surface area contributed by atoms with E-state index in [4.69, 9.17) is 5.73 Å². The van der Waals surface area contributed by atoms with E-state index in [0.29, 0.717) is 25.1 Å². The van der Waals surface area contributed by atoms with Crippen molar-refractivity contribution >= 4 is 10.0 Å². The summed E-state index contributed by atoms with van der Waals surface area (Å²) in [5.41, 5.74) is 6.27. The van der Waals surface area contributed by atoms with Gasteiger partial charge in [0, 0.05) is 19.1 Å². The number of halogens is 1. The minimum Gasteiger partial charge on any atom is -0.326 e. The van der Waals surface area contributed by atoms with Crippen LogP contribution in [-0.4, -0.2) is 31.9 Å². The molecule has 1 fully saturated rings. The van der Waals surface area contributed by atoms with Crippen LogP contribution in [-0.2, 0) is 10.0 Å². The molecule has 1 atom stereocenters. The largest absolute Gasteiger partial charge is 0.326 e. The molecule has 1 heterocycles. The van der Waals surface area contributed by atoms with Gasteiger partial charge in [0.15, 0.2) is 0 Å². The summed E-state index contributed by atoms with van der Waals surface area (Å²) in [5.74, 6) is -0.535. The highest BCUT2D eigenvalue weighted by molar-refractivity contribution is 7.89. The van der Waals surface area contributed by atoms with Crippen molar-refractivity contribution in [1.29, 1.82) is 0 Å². The molecule has 1 aliphatic rings. The highest BCUT2D eigenvalue weighted by Crippen LogP contribution is 2.22. The molecule has 1 aliphatic heterocycles. The van der Waals surface area contributed by atoms with Gasteiger partial charge in [0.2, 0.25) is 10.0 Å². The third-order valence-electron chi connectivity index (χ3n) is 2.84. The second-order valence-electron chi connectivity index (χ2n) is 4.38. The molecule has 1 saturated heterocycles. The molecule has 1 aromatic carbocycles. The molecular formula is C11H15FN2O2S. The lowest BCUT2D eigenvalue weighted by atomic mass is 10.2. The number of nitrogens with zero attached hydrogens (tertiary/aromatic N) is 1. The summed E-state index contributed by atoms with van der Waals surface area (Å²) in [6.45, 7) is 2.37. The van der Waals surface area contributed by atoms with E-state index >= 15 is 0 Å². The quantitative estimate of drug-likeness (QED) is 0.855. The molecule has 0 unspecified atom stereocenters. The molecule has 94 valence electrons. The topological polar surface area (TPSA) is 63.4 Å². The monoisotopic (exact) mass is 258 g/mol. The van der Waals surface area contributed by atoms with Crippen LogP contribution in [0.2, 0.25) is 0 Å². The Morgan fingerprint density at radius 2 is 2.12 bits per heavy atom. The average Bonchev–Trinajstić information content (AvgIpc) is 2.64. The molecule has 0 aromatic heterocycles. The fourth-order valence-electron chi connectivity index (χ4n) is 1.97. The van der Waals surface area contributed by atoms with Crippen molar-refractivity contribution < 1.29 is 12.8 Å². The number of aryl methyl sites for hydroxylation is 1. The Kier molecular flexibility index (Phi) is 3.20. The normalized spacial score (nSPS) is 21.9. The Balaban J connectivity index is 2.38. The van der Waals surface area contributed by atoms with E-state index in [-0.39, 0.29) is 10.9 Å². The minimum absolute atomic E-state index is 0.00380. The van der Waals surface area contributed by atoms with Gasteiger partial charge in [-0.25, -0.2) is 12.8 Å². The van der Waals surface area contributed by atoms with Crippen LogP contribution < -0.4 is 5.73 Å². The average molecular weight is 258 g/mol. The zero-order valence-corrected chi connectivity index (χ0v) is 10.4. The van der Waals surface area contributed by atoms with Crippen LogP contribution >= 0.6 is 0 Å². The van der Waals surface area contributed by atoms with Gasteiger partial charge in [-0.3, -0.25) is 0 Å². The van der Waals surface area contributed by atoms with Crippen molar-refractivity contribution in [2.45, 2.75) is 24.3 Å². The van der Waals surface area contributed by atoms with E-state index in [0.717, 1.165) is 6.07 Å². The van der Waals surface area contributed by atoms with Crippen molar-refractivity contribution in [2.24, 2.45) is 5.73 Å². The van der Waals surface area contributed by atoms with E-state index in [1.807, 2.05) is 0 Å². The van der Waals surface area contributed by atoms with E-state index in [9.17, 15) is 12.8 Å². The molecule has 1 aromatic rings. The summed E-state index contributed by atoms with van der Waals surface area (Å²) in [5, 5.41) is 0. The lowest BCUT2D eigenvalue weighted by Gasteiger charge is -2.16. The van der Waals surface area contributed by atoms with Gasteiger partial charge in [0.05, 0.1) is 4.90 Å². The number of benzene rings is 1. The predicted octanol–water partition coefficient (Wildman–Crippen LogP) is 0.856. The fourth-order valence-corrected chi connectivity index (χ4v) is 3.60. The zero-order valence-electron chi connectivity index (χ0n) is 9.56. The maximum atomic E-state index is 13.2. The number of rotatable bonds is 2. The number of sulfonamides is 1. The summed E-state index contributed by atoms with van der Waals surface area (Å²) in [7, 11) is -3.60. The number of hydrogen-bond acceptors (Lipinski definition) is 3. The van der Waals surface area contributed by atoms with Crippen molar-refractivity contribution in [3.05, 3.63) is 29.6 Å². The first kappa shape index (κ1) is 12.5. The molecule has 2 rings (SSSR count). The molecule has 0 amide bonds. The number of hydrogen-bond donors (Lipinski definition) is 1. The Hall–Kier alpha value is -0.980. The molecule has 0 saturated carbocycles. The smallest absolute Gasteiger partial charge is 0.243 e. The van der Waals surface area contributed by atoms with Crippen molar-refractivity contribution in [2.75, 3.05) is 13.1 Å². The van der Waals surface area contributed by atoms with Gasteiger partial charge >= 0.3 is 0 Å². The van der Waals surface area contributed by atoms with Crippen LogP contribution in [0.5, 0.6) is 0 Å². The number of nitrogens with two attached hydrogens (primary N) is 1. The summed E-state index contributed by atoms with van der Waals surface area (Å²) in [6, 6.07) is 3.70. The molecule has 0 spiro atoms. The van der Waals surface area contributed by atoms with Crippen LogP contribution in [0, 0.1) is 12.7 Å². The van der Waals surface area contributed by atoms with E-state index in [1.54, 1.807) is 6.92 Å². The lowest BCUT2D eigenvalue weighted by molar-refractivity contribution is 0.471. The molecule has 0 aliphatic carbocycles. The summed E-state index contributed by atoms with van der Waals surface area (Å²) < 4.78 is 38.9. The van der Waals surface area contributed by atoms with Crippen molar-refractivity contribution in [1.82, 2.24) is 4.31 Å². The summed E-state index contributed by atoms with van der Waals surface area (Å²) >= 11 is 0. The second-order valence-corrected chi connectivity index (χ2v) is 6.31. The van der Waals surface area contributed by atoms with Gasteiger partial charge in [0.1, 0.15) is 5.82 Å². The lowest BCUT2D eigenvalue weighted by Crippen LogP contribution is -2.32. The third kappa shape index (κ3) is 2.48. The van der Waals surface area contributed by atoms with E-state index < -0.39 is 15.8 Å². The van der Waals surface area contributed by atoms with Crippen molar-refractivity contribution in [3.8, 4) is 0 Å². The van der Waals surface area contributed by atoms with Crippen molar-refractivity contribution in [3.63, 3.8) is 0 Å². The molecule has 0 radical (unpaired) electrons. The van der Waals surface area contributed by atoms with Gasteiger partial charge in [-0.15, -0.1) is 0 Å². The Bertz CT molecular complexity index is 510. The van der Waals surface area contributed by atoms with Gasteiger partial charge < -0.3 is 5.73 Å². The first-order valence-corrected chi connectivity index (χ1v) is 6.86. The summed E-state index contributed by atoms with van der Waals surface area (Å²) in [6.07, 6.45) is 0.646. The zero-order chi connectivity index (χ0) is 12.6. The van der Waals surface area contributed by atoms with Crippen LogP contribution in [0.3, 0.4) is 0 Å². The SMILES string of the molecule is Cc1cc(F)cc(S(=O)(=O)N2CC[C@@H](N)C2)c1. The van der Waals surface area contributed by atoms with Crippen LogP contribution in [0.1, 0.15) is 12.0 Å². The molecule has 6 heteroatoms. The molecule has 17 heavy (non-hydrogen) atoms. The van der Waals surface area contributed by atoms with Gasteiger partial charge in [0.25, 0.3) is 0 Å². The van der Waals surface area contributed by atoms with E-state index in [1.165, 1.54) is 16.4 Å². The fraction of sp³-hybridized carbons (Fsp3) is 0.455. The third-order valence-corrected chi connectivity index (χ3v) is 4.68. The molecular weight excluding hydrogens is 243 g/mol. The summed E-state index contributed by atoms with van der Waals surface area (Å²) in [4.78, 5) is 0.00380. The van der Waals surface area contributed by atoms with Crippen LogP contribution in [0.4, 0.5) is 4.39 Å². The first-order chi connectivity index (χ1) is 7.89. The van der Waals surface area contributed by atoms with Crippen LogP contribution in [0.25, 0.3) is 0 Å².